The molecule has 0 atom stereocenters. The van der Waals surface area contributed by atoms with Crippen LogP contribution in [0.3, 0.4) is 0 Å². The molecule has 1 fully saturated rings. The number of halogens is 1. The predicted octanol–water partition coefficient (Wildman–Crippen LogP) is 4.42. The van der Waals surface area contributed by atoms with E-state index in [1.165, 1.54) is 16.8 Å². The van der Waals surface area contributed by atoms with E-state index >= 15 is 0 Å². The molecule has 3 aromatic rings. The fourth-order valence-corrected chi connectivity index (χ4v) is 4.89. The molecular formula is C27H30FN5O2. The minimum atomic E-state index is -0.531. The van der Waals surface area contributed by atoms with Crippen LogP contribution in [0.15, 0.2) is 48.5 Å². The highest BCUT2D eigenvalue weighted by Crippen LogP contribution is 2.40. The van der Waals surface area contributed by atoms with Crippen LogP contribution in [-0.2, 0) is 16.6 Å². The lowest BCUT2D eigenvalue weighted by Gasteiger charge is -2.36. The number of ether oxygens (including phenoxy) is 1. The van der Waals surface area contributed by atoms with Crippen LogP contribution in [0.25, 0.3) is 5.69 Å². The quantitative estimate of drug-likeness (QED) is 0.469. The van der Waals surface area contributed by atoms with Crippen molar-refractivity contribution in [2.75, 3.05) is 19.4 Å². The number of nitriles is 1. The van der Waals surface area contributed by atoms with Crippen molar-refractivity contribution in [2.24, 2.45) is 0 Å². The normalized spacial score (nSPS) is 14.8. The van der Waals surface area contributed by atoms with Crippen LogP contribution in [0.2, 0.25) is 0 Å². The molecule has 0 unspecified atom stereocenters. The van der Waals surface area contributed by atoms with Crippen molar-refractivity contribution in [3.8, 4) is 17.5 Å². The third-order valence-electron chi connectivity index (χ3n) is 6.84. The van der Waals surface area contributed by atoms with Gasteiger partial charge in [-0.2, -0.15) is 10.4 Å². The van der Waals surface area contributed by atoms with Gasteiger partial charge in [0.2, 0.25) is 5.91 Å². The lowest BCUT2D eigenvalue weighted by atomic mass is 9.68. The Kier molecular flexibility index (Phi) is 7.35. The maximum absolute atomic E-state index is 13.4. The minimum Gasteiger partial charge on any atom is -0.497 e. The predicted molar refractivity (Wildman–Crippen MR) is 132 cm³/mol. The molecule has 1 aliphatic carbocycles. The number of methoxy groups -OCH3 is 1. The smallest absolute Gasteiger partial charge is 0.230 e. The minimum absolute atomic E-state index is 0.0410. The Bertz CT molecular complexity index is 1210. The fourth-order valence-electron chi connectivity index (χ4n) is 4.89. The second-order valence-corrected chi connectivity index (χ2v) is 8.94. The van der Waals surface area contributed by atoms with E-state index < -0.39 is 5.41 Å². The number of benzene rings is 2. The molecule has 35 heavy (non-hydrogen) atoms. The molecule has 1 amide bonds. The van der Waals surface area contributed by atoms with Crippen molar-refractivity contribution in [3.05, 3.63) is 71.2 Å². The van der Waals surface area contributed by atoms with Gasteiger partial charge in [0.05, 0.1) is 23.9 Å². The van der Waals surface area contributed by atoms with E-state index in [-0.39, 0.29) is 17.5 Å². The Hall–Kier alpha value is -3.86. The van der Waals surface area contributed by atoms with Gasteiger partial charge in [-0.25, -0.2) is 9.07 Å². The Morgan fingerprint density at radius 3 is 2.49 bits per heavy atom. The molecule has 1 saturated carbocycles. The van der Waals surface area contributed by atoms with E-state index in [2.05, 4.69) is 16.5 Å². The molecule has 7 nitrogen and oxygen atoms in total. The first-order valence-electron chi connectivity index (χ1n) is 11.9. The number of nitrogens with one attached hydrogen (secondary N) is 1. The van der Waals surface area contributed by atoms with Crippen LogP contribution < -0.4 is 15.8 Å². The third-order valence-corrected chi connectivity index (χ3v) is 6.84. The summed E-state index contributed by atoms with van der Waals surface area (Å²) in [5.74, 6) is 0.673. The molecule has 182 valence electrons. The summed E-state index contributed by atoms with van der Waals surface area (Å²) >= 11 is 0. The molecule has 0 radical (unpaired) electrons. The number of nitrogen functional groups attached to an aromatic ring is 1. The Morgan fingerprint density at radius 2 is 1.86 bits per heavy atom. The van der Waals surface area contributed by atoms with Crippen molar-refractivity contribution in [3.63, 3.8) is 0 Å². The monoisotopic (exact) mass is 475 g/mol. The highest BCUT2D eigenvalue weighted by atomic mass is 19.1. The van der Waals surface area contributed by atoms with Gasteiger partial charge in [-0.3, -0.25) is 4.79 Å². The van der Waals surface area contributed by atoms with Crippen LogP contribution in [0.4, 0.5) is 10.2 Å². The van der Waals surface area contributed by atoms with Gasteiger partial charge in [-0.15, -0.1) is 0 Å². The number of aryl methyl sites for hydroxylation is 1. The van der Waals surface area contributed by atoms with Gasteiger partial charge in [0, 0.05) is 6.54 Å². The molecule has 2 aromatic carbocycles. The molecule has 0 spiro atoms. The van der Waals surface area contributed by atoms with E-state index in [4.69, 9.17) is 10.5 Å². The third kappa shape index (κ3) is 4.99. The SMILES string of the molecule is COc1ccc(C2(C(=O)NCCCc3nn(-c4ccc(F)cc4)c(N)c3C#N)CCCCC2)cc1. The number of aromatic nitrogens is 2. The Balaban J connectivity index is 1.43. The summed E-state index contributed by atoms with van der Waals surface area (Å²) in [6.07, 6.45) is 5.91. The first kappa shape index (κ1) is 24.3. The highest BCUT2D eigenvalue weighted by molar-refractivity contribution is 5.88. The van der Waals surface area contributed by atoms with Gasteiger partial charge in [0.1, 0.15) is 29.0 Å². The van der Waals surface area contributed by atoms with E-state index in [0.717, 1.165) is 43.4 Å². The lowest BCUT2D eigenvalue weighted by molar-refractivity contribution is -0.128. The largest absolute Gasteiger partial charge is 0.497 e. The molecular weight excluding hydrogens is 445 g/mol. The van der Waals surface area contributed by atoms with Crippen LogP contribution >= 0.6 is 0 Å². The molecule has 3 N–H and O–H groups in total. The van der Waals surface area contributed by atoms with Crippen LogP contribution in [-0.4, -0.2) is 29.3 Å². The first-order valence-corrected chi connectivity index (χ1v) is 11.9. The van der Waals surface area contributed by atoms with Crippen LogP contribution in [0, 0.1) is 17.1 Å². The van der Waals surface area contributed by atoms with E-state index in [1.54, 1.807) is 19.2 Å². The van der Waals surface area contributed by atoms with Crippen molar-refractivity contribution in [1.82, 2.24) is 15.1 Å². The van der Waals surface area contributed by atoms with Crippen molar-refractivity contribution in [1.29, 1.82) is 5.26 Å². The zero-order valence-electron chi connectivity index (χ0n) is 19.9. The van der Waals surface area contributed by atoms with Gasteiger partial charge in [-0.05, 0) is 67.6 Å². The number of anilines is 1. The van der Waals surface area contributed by atoms with Gasteiger partial charge in [-0.1, -0.05) is 31.4 Å². The molecule has 0 saturated heterocycles. The summed E-state index contributed by atoms with van der Waals surface area (Å²) in [5, 5.41) is 17.2. The van der Waals surface area contributed by atoms with Gasteiger partial charge < -0.3 is 15.8 Å². The molecule has 0 bridgehead atoms. The summed E-state index contributed by atoms with van der Waals surface area (Å²) in [7, 11) is 1.63. The number of carbonyl (C=O) groups excluding carboxylic acids is 1. The Morgan fingerprint density at radius 1 is 1.17 bits per heavy atom. The number of rotatable bonds is 8. The zero-order chi connectivity index (χ0) is 24.8. The number of nitrogens with two attached hydrogens (primary N) is 1. The van der Waals surface area contributed by atoms with E-state index in [1.807, 2.05) is 24.3 Å². The Labute approximate surface area is 204 Å². The average Bonchev–Trinajstić information content (AvgIpc) is 3.22. The molecule has 1 aliphatic rings. The topological polar surface area (TPSA) is 106 Å². The summed E-state index contributed by atoms with van der Waals surface area (Å²) in [4.78, 5) is 13.4. The number of hydrogen-bond acceptors (Lipinski definition) is 5. The number of nitrogens with zero attached hydrogens (tertiary/aromatic N) is 3. The second kappa shape index (κ2) is 10.6. The number of hydrogen-bond donors (Lipinski definition) is 2. The average molecular weight is 476 g/mol. The lowest BCUT2D eigenvalue weighted by Crippen LogP contribution is -2.46. The van der Waals surface area contributed by atoms with Gasteiger partial charge in [0.15, 0.2) is 0 Å². The maximum atomic E-state index is 13.4. The highest BCUT2D eigenvalue weighted by Gasteiger charge is 2.40. The molecule has 1 heterocycles. The van der Waals surface area contributed by atoms with Gasteiger partial charge >= 0.3 is 0 Å². The fraction of sp³-hybridized carbons (Fsp3) is 0.370. The van der Waals surface area contributed by atoms with E-state index in [0.29, 0.717) is 36.3 Å². The van der Waals surface area contributed by atoms with Crippen molar-refractivity contribution >= 4 is 11.7 Å². The summed E-state index contributed by atoms with van der Waals surface area (Å²) in [5.41, 5.74) is 8.08. The first-order chi connectivity index (χ1) is 17.0. The summed E-state index contributed by atoms with van der Waals surface area (Å²) in [6.45, 7) is 0.463. The maximum Gasteiger partial charge on any atom is 0.230 e. The number of amides is 1. The second-order valence-electron chi connectivity index (χ2n) is 8.94. The molecule has 1 aromatic heterocycles. The van der Waals surface area contributed by atoms with E-state index in [9.17, 15) is 14.4 Å². The van der Waals surface area contributed by atoms with Crippen molar-refractivity contribution in [2.45, 2.75) is 50.4 Å². The molecule has 0 aliphatic heterocycles. The van der Waals surface area contributed by atoms with Gasteiger partial charge in [0.25, 0.3) is 0 Å². The van der Waals surface area contributed by atoms with Crippen LogP contribution in [0.1, 0.15) is 55.3 Å². The molecule has 8 heteroatoms. The zero-order valence-corrected chi connectivity index (χ0v) is 19.9. The number of carbonyl (C=O) groups is 1. The summed E-state index contributed by atoms with van der Waals surface area (Å²) < 4.78 is 20.0. The van der Waals surface area contributed by atoms with Crippen LogP contribution in [0.5, 0.6) is 5.75 Å². The van der Waals surface area contributed by atoms with Crippen molar-refractivity contribution < 1.29 is 13.9 Å². The summed E-state index contributed by atoms with van der Waals surface area (Å²) in [6, 6.07) is 15.7. The molecule has 4 rings (SSSR count). The standard InChI is InChI=1S/C27H30FN5O2/c1-35-22-13-7-19(8-14-22)27(15-3-2-4-16-27)26(34)31-17-5-6-24-23(18-29)25(30)33(32-24)21-11-9-20(28)10-12-21/h7-14H,2-6,15-17,30H2,1H3,(H,31,34).